The zero-order valence-corrected chi connectivity index (χ0v) is 13.4. The first-order valence-electron chi connectivity index (χ1n) is 7.88. The van der Waals surface area contributed by atoms with Gasteiger partial charge in [0, 0.05) is 37.5 Å². The number of methoxy groups -OCH3 is 1. The Hall–Kier alpha value is -2.11. The van der Waals surface area contributed by atoms with Crippen LogP contribution >= 0.6 is 0 Å². The van der Waals surface area contributed by atoms with Crippen molar-refractivity contribution in [2.75, 3.05) is 46.6 Å². The minimum Gasteiger partial charge on any atom is -0.497 e. The lowest BCUT2D eigenvalue weighted by atomic mass is 10.1. The largest absolute Gasteiger partial charge is 0.497 e. The molecule has 1 fully saturated rings. The Kier molecular flexibility index (Phi) is 5.45. The quantitative estimate of drug-likeness (QED) is 0.819. The minimum atomic E-state index is 0.644. The van der Waals surface area contributed by atoms with Crippen molar-refractivity contribution in [2.24, 2.45) is 0 Å². The van der Waals surface area contributed by atoms with E-state index in [0.29, 0.717) is 12.5 Å². The van der Waals surface area contributed by atoms with E-state index >= 15 is 0 Å². The van der Waals surface area contributed by atoms with Crippen LogP contribution in [0.15, 0.2) is 42.6 Å². The summed E-state index contributed by atoms with van der Waals surface area (Å²) in [6.45, 7) is 5.13. The molecule has 1 saturated heterocycles. The first-order chi connectivity index (χ1) is 11.3. The number of benzene rings is 1. The van der Waals surface area contributed by atoms with Crippen molar-refractivity contribution < 1.29 is 14.2 Å². The summed E-state index contributed by atoms with van der Waals surface area (Å²) in [6.07, 6.45) is 1.83. The average molecular weight is 314 g/mol. The van der Waals surface area contributed by atoms with Crippen molar-refractivity contribution in [3.63, 3.8) is 0 Å². The molecule has 1 aliphatic rings. The van der Waals surface area contributed by atoms with E-state index in [4.69, 9.17) is 14.2 Å². The fraction of sp³-hybridized carbons (Fsp3) is 0.389. The Morgan fingerprint density at radius 2 is 2.00 bits per heavy atom. The first kappa shape index (κ1) is 15.8. The highest BCUT2D eigenvalue weighted by molar-refractivity contribution is 5.64. The molecule has 0 spiro atoms. The number of ether oxygens (including phenoxy) is 3. The van der Waals surface area contributed by atoms with E-state index in [2.05, 4.69) is 9.88 Å². The first-order valence-corrected chi connectivity index (χ1v) is 7.88. The van der Waals surface area contributed by atoms with E-state index in [-0.39, 0.29) is 0 Å². The Bertz CT molecular complexity index is 610. The van der Waals surface area contributed by atoms with E-state index in [0.717, 1.165) is 49.7 Å². The SMILES string of the molecule is COc1cccc(-c2ccc(OCCN3CCOCC3)nc2)c1. The third-order valence-corrected chi connectivity index (χ3v) is 3.90. The molecule has 0 amide bonds. The summed E-state index contributed by atoms with van der Waals surface area (Å²) in [7, 11) is 1.67. The molecule has 2 aromatic rings. The molecular weight excluding hydrogens is 292 g/mol. The topological polar surface area (TPSA) is 43.8 Å². The highest BCUT2D eigenvalue weighted by Gasteiger charge is 2.10. The Morgan fingerprint density at radius 3 is 2.74 bits per heavy atom. The second-order valence-electron chi connectivity index (χ2n) is 5.42. The van der Waals surface area contributed by atoms with E-state index in [1.807, 2.05) is 42.6 Å². The van der Waals surface area contributed by atoms with Gasteiger partial charge in [0.1, 0.15) is 12.4 Å². The van der Waals surface area contributed by atoms with Crippen molar-refractivity contribution >= 4 is 0 Å². The van der Waals surface area contributed by atoms with Gasteiger partial charge in [-0.2, -0.15) is 0 Å². The molecule has 5 heteroatoms. The van der Waals surface area contributed by atoms with Gasteiger partial charge in [-0.15, -0.1) is 0 Å². The lowest BCUT2D eigenvalue weighted by molar-refractivity contribution is 0.0320. The summed E-state index contributed by atoms with van der Waals surface area (Å²) < 4.78 is 16.3. The van der Waals surface area contributed by atoms with Crippen LogP contribution in [0, 0.1) is 0 Å². The summed E-state index contributed by atoms with van der Waals surface area (Å²) in [5.74, 6) is 1.50. The van der Waals surface area contributed by atoms with E-state index < -0.39 is 0 Å². The molecule has 5 nitrogen and oxygen atoms in total. The zero-order chi connectivity index (χ0) is 15.9. The van der Waals surface area contributed by atoms with Crippen LogP contribution in [0.1, 0.15) is 0 Å². The molecule has 0 atom stereocenters. The molecule has 122 valence electrons. The summed E-state index contributed by atoms with van der Waals surface area (Å²) in [5.41, 5.74) is 2.13. The highest BCUT2D eigenvalue weighted by atomic mass is 16.5. The van der Waals surface area contributed by atoms with Crippen molar-refractivity contribution in [2.45, 2.75) is 0 Å². The number of hydrogen-bond donors (Lipinski definition) is 0. The van der Waals surface area contributed by atoms with Crippen molar-refractivity contribution in [3.8, 4) is 22.8 Å². The summed E-state index contributed by atoms with van der Waals surface area (Å²) in [4.78, 5) is 6.73. The number of hydrogen-bond acceptors (Lipinski definition) is 5. The molecule has 3 rings (SSSR count). The molecule has 1 aromatic heterocycles. The van der Waals surface area contributed by atoms with Gasteiger partial charge in [-0.1, -0.05) is 12.1 Å². The number of pyridine rings is 1. The van der Waals surface area contributed by atoms with Crippen LogP contribution in [-0.2, 0) is 4.74 Å². The van der Waals surface area contributed by atoms with E-state index in [1.165, 1.54) is 0 Å². The van der Waals surface area contributed by atoms with Crippen molar-refractivity contribution in [1.29, 1.82) is 0 Å². The molecule has 0 N–H and O–H groups in total. The normalized spacial score (nSPS) is 15.3. The van der Waals surface area contributed by atoms with Gasteiger partial charge in [0.15, 0.2) is 0 Å². The van der Waals surface area contributed by atoms with Crippen LogP contribution in [0.25, 0.3) is 11.1 Å². The van der Waals surface area contributed by atoms with Crippen LogP contribution in [0.4, 0.5) is 0 Å². The van der Waals surface area contributed by atoms with Gasteiger partial charge in [0.05, 0.1) is 20.3 Å². The third-order valence-electron chi connectivity index (χ3n) is 3.90. The molecule has 0 radical (unpaired) electrons. The maximum absolute atomic E-state index is 5.73. The van der Waals surface area contributed by atoms with Gasteiger partial charge in [0.2, 0.25) is 5.88 Å². The van der Waals surface area contributed by atoms with Gasteiger partial charge >= 0.3 is 0 Å². The molecule has 1 aliphatic heterocycles. The van der Waals surface area contributed by atoms with Gasteiger partial charge in [-0.25, -0.2) is 4.98 Å². The maximum atomic E-state index is 5.73. The van der Waals surface area contributed by atoms with Crippen LogP contribution < -0.4 is 9.47 Å². The third kappa shape index (κ3) is 4.43. The number of nitrogens with zero attached hydrogens (tertiary/aromatic N) is 2. The zero-order valence-electron chi connectivity index (χ0n) is 13.4. The molecule has 2 heterocycles. The summed E-state index contributed by atoms with van der Waals surface area (Å²) in [5, 5.41) is 0. The number of rotatable bonds is 6. The lowest BCUT2D eigenvalue weighted by Gasteiger charge is -2.26. The van der Waals surface area contributed by atoms with E-state index in [9.17, 15) is 0 Å². The second kappa shape index (κ2) is 7.94. The highest BCUT2D eigenvalue weighted by Crippen LogP contribution is 2.24. The van der Waals surface area contributed by atoms with Crippen LogP contribution in [0.5, 0.6) is 11.6 Å². The number of morpholine rings is 1. The van der Waals surface area contributed by atoms with Crippen molar-refractivity contribution in [1.82, 2.24) is 9.88 Å². The second-order valence-corrected chi connectivity index (χ2v) is 5.42. The molecule has 0 unspecified atom stereocenters. The van der Waals surface area contributed by atoms with E-state index in [1.54, 1.807) is 7.11 Å². The van der Waals surface area contributed by atoms with Crippen molar-refractivity contribution in [3.05, 3.63) is 42.6 Å². The number of aromatic nitrogens is 1. The van der Waals surface area contributed by atoms with Gasteiger partial charge in [-0.05, 0) is 23.8 Å². The van der Waals surface area contributed by atoms with Gasteiger partial charge in [0.25, 0.3) is 0 Å². The predicted molar refractivity (Wildman–Crippen MR) is 89.0 cm³/mol. The van der Waals surface area contributed by atoms with Gasteiger partial charge < -0.3 is 14.2 Å². The Morgan fingerprint density at radius 1 is 1.13 bits per heavy atom. The summed E-state index contributed by atoms with van der Waals surface area (Å²) in [6, 6.07) is 11.9. The maximum Gasteiger partial charge on any atom is 0.213 e. The molecule has 23 heavy (non-hydrogen) atoms. The fourth-order valence-corrected chi connectivity index (χ4v) is 2.54. The molecule has 0 aliphatic carbocycles. The Balaban J connectivity index is 1.54. The van der Waals surface area contributed by atoms with Crippen LogP contribution in [0.3, 0.4) is 0 Å². The van der Waals surface area contributed by atoms with Gasteiger partial charge in [-0.3, -0.25) is 4.90 Å². The smallest absolute Gasteiger partial charge is 0.213 e. The molecule has 1 aromatic carbocycles. The molecule has 0 saturated carbocycles. The molecular formula is C18H22N2O3. The predicted octanol–water partition coefficient (Wildman–Crippen LogP) is 2.47. The van der Waals surface area contributed by atoms with Crippen LogP contribution in [0.2, 0.25) is 0 Å². The molecule has 0 bridgehead atoms. The fourth-order valence-electron chi connectivity index (χ4n) is 2.54. The summed E-state index contributed by atoms with van der Waals surface area (Å²) >= 11 is 0. The average Bonchev–Trinajstić information content (AvgIpc) is 2.63. The van der Waals surface area contributed by atoms with Crippen LogP contribution in [-0.4, -0.2) is 56.4 Å². The standard InChI is InChI=1S/C18H22N2O3/c1-21-17-4-2-3-15(13-17)16-5-6-18(19-14-16)23-12-9-20-7-10-22-11-8-20/h2-6,13-14H,7-12H2,1H3. The lowest BCUT2D eigenvalue weighted by Crippen LogP contribution is -2.38. The minimum absolute atomic E-state index is 0.644. The monoisotopic (exact) mass is 314 g/mol. The Labute approximate surface area is 136 Å².